The van der Waals surface area contributed by atoms with E-state index in [1.807, 2.05) is 0 Å². The first-order valence-electron chi connectivity index (χ1n) is 9.83. The van der Waals surface area contributed by atoms with E-state index in [0.717, 1.165) is 13.1 Å². The third-order valence-corrected chi connectivity index (χ3v) is 5.13. The molecule has 2 N–H and O–H groups in total. The summed E-state index contributed by atoms with van der Waals surface area (Å²) in [5.74, 6) is -3.65. The standard InChI is InChI=1S/C21H28N2.C2H2O4/c1-18-7-6-10-20(15-18)17-23-13-11-21(12-14-23)22(2)16-19-8-4-3-5-9-19;3-1(4)2(5)6/h3-10,15,21H,11-14,16-17H2,1-2H3;(H,3,4)(H,5,6). The van der Waals surface area contributed by atoms with Crippen molar-refractivity contribution in [3.05, 3.63) is 71.3 Å². The molecule has 0 aromatic heterocycles. The van der Waals surface area contributed by atoms with Crippen molar-refractivity contribution in [2.45, 2.75) is 38.9 Å². The molecule has 0 aliphatic carbocycles. The molecule has 0 atom stereocenters. The largest absolute Gasteiger partial charge is 0.473 e. The molecule has 3 rings (SSSR count). The minimum atomic E-state index is -1.82. The molecule has 156 valence electrons. The summed E-state index contributed by atoms with van der Waals surface area (Å²) in [4.78, 5) is 23.3. The van der Waals surface area contributed by atoms with Crippen LogP contribution in [0, 0.1) is 6.92 Å². The average Bonchev–Trinajstić information content (AvgIpc) is 2.70. The molecular formula is C23H30N2O4. The number of benzene rings is 2. The second kappa shape index (κ2) is 11.3. The minimum absolute atomic E-state index is 0.712. The van der Waals surface area contributed by atoms with E-state index in [1.54, 1.807) is 0 Å². The van der Waals surface area contributed by atoms with E-state index in [9.17, 15) is 0 Å². The first kappa shape index (κ1) is 22.6. The summed E-state index contributed by atoms with van der Waals surface area (Å²) in [6, 6.07) is 20.4. The Labute approximate surface area is 172 Å². The highest BCUT2D eigenvalue weighted by Gasteiger charge is 2.22. The number of aryl methyl sites for hydroxylation is 1. The maximum atomic E-state index is 9.10. The third-order valence-electron chi connectivity index (χ3n) is 5.13. The smallest absolute Gasteiger partial charge is 0.414 e. The highest BCUT2D eigenvalue weighted by Crippen LogP contribution is 2.19. The number of carboxylic acid groups (broad SMARTS) is 2. The fraction of sp³-hybridized carbons (Fsp3) is 0.391. The van der Waals surface area contributed by atoms with Gasteiger partial charge in [-0.3, -0.25) is 9.80 Å². The van der Waals surface area contributed by atoms with E-state index >= 15 is 0 Å². The molecule has 1 fully saturated rings. The molecule has 6 nitrogen and oxygen atoms in total. The fourth-order valence-corrected chi connectivity index (χ4v) is 3.59. The molecule has 6 heteroatoms. The molecule has 1 saturated heterocycles. The Bertz CT molecular complexity index is 774. The summed E-state index contributed by atoms with van der Waals surface area (Å²) >= 11 is 0. The molecule has 1 aliphatic heterocycles. The van der Waals surface area contributed by atoms with Gasteiger partial charge in [0.1, 0.15) is 0 Å². The number of aliphatic carboxylic acids is 2. The SMILES string of the molecule is Cc1cccc(CN2CCC(N(C)Cc3ccccc3)CC2)c1.O=C(O)C(=O)O. The van der Waals surface area contributed by atoms with Crippen LogP contribution in [0.4, 0.5) is 0 Å². The van der Waals surface area contributed by atoms with Gasteiger partial charge in [0.05, 0.1) is 0 Å². The average molecular weight is 399 g/mol. The summed E-state index contributed by atoms with van der Waals surface area (Å²) in [7, 11) is 2.27. The van der Waals surface area contributed by atoms with Crippen molar-refractivity contribution < 1.29 is 19.8 Å². The van der Waals surface area contributed by atoms with Crippen LogP contribution in [0.25, 0.3) is 0 Å². The summed E-state index contributed by atoms with van der Waals surface area (Å²) in [5.41, 5.74) is 4.22. The Morgan fingerprint density at radius 2 is 1.55 bits per heavy atom. The van der Waals surface area contributed by atoms with Gasteiger partial charge in [-0.25, -0.2) is 9.59 Å². The summed E-state index contributed by atoms with van der Waals surface area (Å²) in [5, 5.41) is 14.8. The summed E-state index contributed by atoms with van der Waals surface area (Å²) < 4.78 is 0. The van der Waals surface area contributed by atoms with Gasteiger partial charge in [-0.15, -0.1) is 0 Å². The summed E-state index contributed by atoms with van der Waals surface area (Å²) in [6.07, 6.45) is 2.55. The lowest BCUT2D eigenvalue weighted by Crippen LogP contribution is -2.42. The number of piperidine rings is 1. The van der Waals surface area contributed by atoms with Crippen LogP contribution in [0.5, 0.6) is 0 Å². The van der Waals surface area contributed by atoms with Gasteiger partial charge in [-0.1, -0.05) is 60.2 Å². The zero-order valence-corrected chi connectivity index (χ0v) is 17.1. The Balaban J connectivity index is 0.000000438. The molecule has 29 heavy (non-hydrogen) atoms. The zero-order valence-electron chi connectivity index (χ0n) is 17.1. The Kier molecular flexibility index (Phi) is 8.83. The lowest BCUT2D eigenvalue weighted by Gasteiger charge is -2.37. The Hall–Kier alpha value is -2.70. The van der Waals surface area contributed by atoms with Crippen molar-refractivity contribution >= 4 is 11.9 Å². The molecule has 0 radical (unpaired) electrons. The van der Waals surface area contributed by atoms with Crippen molar-refractivity contribution in [1.82, 2.24) is 9.80 Å². The Morgan fingerprint density at radius 1 is 0.966 bits per heavy atom. The lowest BCUT2D eigenvalue weighted by molar-refractivity contribution is -0.159. The fourth-order valence-electron chi connectivity index (χ4n) is 3.59. The maximum Gasteiger partial charge on any atom is 0.414 e. The van der Waals surface area contributed by atoms with Crippen LogP contribution < -0.4 is 0 Å². The number of hydrogen-bond donors (Lipinski definition) is 2. The molecule has 1 aliphatic rings. The maximum absolute atomic E-state index is 9.10. The monoisotopic (exact) mass is 398 g/mol. The highest BCUT2D eigenvalue weighted by molar-refractivity contribution is 6.27. The second-order valence-electron chi connectivity index (χ2n) is 7.51. The van der Waals surface area contributed by atoms with Crippen LogP contribution in [0.15, 0.2) is 54.6 Å². The van der Waals surface area contributed by atoms with Gasteiger partial charge in [-0.2, -0.15) is 0 Å². The molecule has 0 unspecified atom stereocenters. The second-order valence-corrected chi connectivity index (χ2v) is 7.51. The van der Waals surface area contributed by atoms with Crippen LogP contribution in [0.2, 0.25) is 0 Å². The van der Waals surface area contributed by atoms with E-state index < -0.39 is 11.9 Å². The van der Waals surface area contributed by atoms with E-state index in [0.29, 0.717) is 6.04 Å². The van der Waals surface area contributed by atoms with E-state index in [-0.39, 0.29) is 0 Å². The predicted molar refractivity (Wildman–Crippen MR) is 113 cm³/mol. The van der Waals surface area contributed by atoms with E-state index in [2.05, 4.69) is 78.4 Å². The zero-order chi connectivity index (χ0) is 21.2. The van der Waals surface area contributed by atoms with Gasteiger partial charge in [0.15, 0.2) is 0 Å². The first-order chi connectivity index (χ1) is 13.8. The lowest BCUT2D eigenvalue weighted by atomic mass is 10.0. The van der Waals surface area contributed by atoms with Gasteiger partial charge in [0.2, 0.25) is 0 Å². The van der Waals surface area contributed by atoms with Crippen LogP contribution in [-0.2, 0) is 22.7 Å². The molecule has 0 spiro atoms. The third kappa shape index (κ3) is 8.05. The number of nitrogens with zero attached hydrogens (tertiary/aromatic N) is 2. The van der Waals surface area contributed by atoms with Crippen molar-refractivity contribution in [2.24, 2.45) is 0 Å². The number of carbonyl (C=O) groups is 2. The number of carboxylic acids is 2. The van der Waals surface area contributed by atoms with Crippen molar-refractivity contribution in [2.75, 3.05) is 20.1 Å². The highest BCUT2D eigenvalue weighted by atomic mass is 16.4. The van der Waals surface area contributed by atoms with Gasteiger partial charge in [0, 0.05) is 19.1 Å². The summed E-state index contributed by atoms with van der Waals surface area (Å²) in [6.45, 7) is 6.74. The van der Waals surface area contributed by atoms with Gasteiger partial charge < -0.3 is 10.2 Å². The Morgan fingerprint density at radius 3 is 2.10 bits per heavy atom. The normalized spacial score (nSPS) is 14.9. The van der Waals surface area contributed by atoms with Gasteiger partial charge in [-0.05, 0) is 51.0 Å². The molecule has 1 heterocycles. The molecule has 0 saturated carbocycles. The topological polar surface area (TPSA) is 81.1 Å². The molecule has 2 aromatic carbocycles. The first-order valence-corrected chi connectivity index (χ1v) is 9.83. The van der Waals surface area contributed by atoms with Crippen molar-refractivity contribution in [1.29, 1.82) is 0 Å². The molecule has 2 aromatic rings. The van der Waals surface area contributed by atoms with Crippen molar-refractivity contribution in [3.8, 4) is 0 Å². The van der Waals surface area contributed by atoms with Crippen LogP contribution >= 0.6 is 0 Å². The van der Waals surface area contributed by atoms with Gasteiger partial charge in [0.25, 0.3) is 0 Å². The molecule has 0 amide bonds. The van der Waals surface area contributed by atoms with Crippen LogP contribution in [0.1, 0.15) is 29.5 Å². The van der Waals surface area contributed by atoms with Crippen LogP contribution in [0.3, 0.4) is 0 Å². The minimum Gasteiger partial charge on any atom is -0.473 e. The quantitative estimate of drug-likeness (QED) is 0.753. The molecular weight excluding hydrogens is 368 g/mol. The number of hydrogen-bond acceptors (Lipinski definition) is 4. The van der Waals surface area contributed by atoms with E-state index in [4.69, 9.17) is 19.8 Å². The van der Waals surface area contributed by atoms with E-state index in [1.165, 1.54) is 42.6 Å². The van der Waals surface area contributed by atoms with Crippen molar-refractivity contribution in [3.63, 3.8) is 0 Å². The predicted octanol–water partition coefficient (Wildman–Crippen LogP) is 3.25. The number of likely N-dealkylation sites (tertiary alicyclic amines) is 1. The van der Waals surface area contributed by atoms with Gasteiger partial charge >= 0.3 is 11.9 Å². The van der Waals surface area contributed by atoms with Crippen LogP contribution in [-0.4, -0.2) is 58.1 Å². The number of rotatable bonds is 5. The molecule has 0 bridgehead atoms.